The highest BCUT2D eigenvalue weighted by molar-refractivity contribution is 7.91. The minimum atomic E-state index is -3.49. The lowest BCUT2D eigenvalue weighted by molar-refractivity contribution is -0.157. The highest BCUT2D eigenvalue weighted by Gasteiger charge is 2.55. The Morgan fingerprint density at radius 3 is 2.21 bits per heavy atom. The summed E-state index contributed by atoms with van der Waals surface area (Å²) in [4.78, 5) is 15.4. The highest BCUT2D eigenvalue weighted by atomic mass is 32.2. The molecule has 4 aliphatic carbocycles. The predicted molar refractivity (Wildman–Crippen MR) is 105 cm³/mol. The summed E-state index contributed by atoms with van der Waals surface area (Å²) in [6.07, 6.45) is 7.05. The molecule has 1 saturated heterocycles. The Bertz CT molecular complexity index is 862. The van der Waals surface area contributed by atoms with Crippen LogP contribution in [0.4, 0.5) is 4.39 Å². The molecule has 4 saturated carbocycles. The van der Waals surface area contributed by atoms with Gasteiger partial charge in [-0.25, -0.2) is 12.8 Å². The van der Waals surface area contributed by atoms with Crippen molar-refractivity contribution in [3.05, 3.63) is 35.6 Å². The van der Waals surface area contributed by atoms with Crippen molar-refractivity contribution in [2.75, 3.05) is 18.8 Å². The maximum Gasteiger partial charge on any atom is 0.228 e. The highest BCUT2D eigenvalue weighted by Crippen LogP contribution is 2.60. The third-order valence-corrected chi connectivity index (χ3v) is 9.88. The van der Waals surface area contributed by atoms with E-state index in [1.807, 2.05) is 0 Å². The van der Waals surface area contributed by atoms with Gasteiger partial charge in [0.15, 0.2) is 9.84 Å². The zero-order valence-electron chi connectivity index (χ0n) is 16.1. The molecule has 1 amide bonds. The van der Waals surface area contributed by atoms with Gasteiger partial charge in [-0.05, 0) is 68.8 Å². The molecule has 6 rings (SSSR count). The van der Waals surface area contributed by atoms with E-state index >= 15 is 0 Å². The number of nitrogens with zero attached hydrogens (tertiary/aromatic N) is 1. The van der Waals surface area contributed by atoms with Gasteiger partial charge in [-0.1, -0.05) is 18.2 Å². The van der Waals surface area contributed by atoms with Crippen LogP contribution in [0.15, 0.2) is 24.3 Å². The van der Waals surface area contributed by atoms with Crippen LogP contribution in [0.25, 0.3) is 0 Å². The van der Waals surface area contributed by atoms with Crippen LogP contribution in [0.1, 0.15) is 55.8 Å². The van der Waals surface area contributed by atoms with Gasteiger partial charge in [-0.15, -0.1) is 0 Å². The lowest BCUT2D eigenvalue weighted by Crippen LogP contribution is -2.55. The molecule has 0 aromatic heterocycles. The standard InChI is InChI=1S/C22H28FNO3S/c23-19-4-2-1-3-18(19)20-5-6-24(7-8-28(20,26)27)21(25)22-12-15-9-16(13-22)11-17(10-15)14-22/h1-4,15-17,20H,5-14H2/t15?,16?,17?,20-,22?/m0/s1. The van der Waals surface area contributed by atoms with Crippen LogP contribution in [0.3, 0.4) is 0 Å². The molecule has 5 fully saturated rings. The summed E-state index contributed by atoms with van der Waals surface area (Å²) in [5.41, 5.74) is -0.0114. The first-order chi connectivity index (χ1) is 13.4. The molecular formula is C22H28FNO3S. The quantitative estimate of drug-likeness (QED) is 0.753. The SMILES string of the molecule is O=C(N1CC[C@@H](c2ccccc2F)S(=O)(=O)CC1)C12CC3CC(CC(C3)C1)C2. The average molecular weight is 406 g/mol. The number of carbonyl (C=O) groups excluding carboxylic acids is 1. The normalized spacial score (nSPS) is 39.0. The summed E-state index contributed by atoms with van der Waals surface area (Å²) in [5.74, 6) is 1.66. The number of sulfone groups is 1. The number of carbonyl (C=O) groups is 1. The second-order valence-corrected chi connectivity index (χ2v) is 12.0. The van der Waals surface area contributed by atoms with E-state index in [1.165, 1.54) is 25.3 Å². The van der Waals surface area contributed by atoms with Crippen LogP contribution in [-0.2, 0) is 14.6 Å². The van der Waals surface area contributed by atoms with E-state index < -0.39 is 20.9 Å². The van der Waals surface area contributed by atoms with Gasteiger partial charge in [0.1, 0.15) is 5.82 Å². The Labute approximate surface area is 166 Å². The average Bonchev–Trinajstić information content (AvgIpc) is 2.79. The molecule has 1 atom stereocenters. The van der Waals surface area contributed by atoms with Gasteiger partial charge in [-0.2, -0.15) is 0 Å². The molecule has 0 N–H and O–H groups in total. The molecule has 5 aliphatic rings. The topological polar surface area (TPSA) is 54.5 Å². The third-order valence-electron chi connectivity index (χ3n) is 7.77. The second kappa shape index (κ2) is 6.54. The summed E-state index contributed by atoms with van der Waals surface area (Å²) in [5, 5.41) is -0.858. The summed E-state index contributed by atoms with van der Waals surface area (Å²) in [6, 6.07) is 6.13. The number of amides is 1. The van der Waals surface area contributed by atoms with Crippen molar-refractivity contribution >= 4 is 15.7 Å². The van der Waals surface area contributed by atoms with Crippen molar-refractivity contribution in [1.82, 2.24) is 4.90 Å². The smallest absolute Gasteiger partial charge is 0.228 e. The van der Waals surface area contributed by atoms with Crippen LogP contribution < -0.4 is 0 Å². The van der Waals surface area contributed by atoms with Gasteiger partial charge in [0.25, 0.3) is 0 Å². The summed E-state index contributed by atoms with van der Waals surface area (Å²) in [6.45, 7) is 0.646. The van der Waals surface area contributed by atoms with Crippen LogP contribution in [0, 0.1) is 29.0 Å². The summed E-state index contributed by atoms with van der Waals surface area (Å²) >= 11 is 0. The van der Waals surface area contributed by atoms with E-state index in [1.54, 1.807) is 23.1 Å². The van der Waals surface area contributed by atoms with Crippen molar-refractivity contribution in [2.24, 2.45) is 23.2 Å². The summed E-state index contributed by atoms with van der Waals surface area (Å²) in [7, 11) is -3.49. The minimum Gasteiger partial charge on any atom is -0.341 e. The molecule has 6 heteroatoms. The maximum absolute atomic E-state index is 14.3. The van der Waals surface area contributed by atoms with Crippen molar-refractivity contribution in [3.8, 4) is 0 Å². The van der Waals surface area contributed by atoms with E-state index in [4.69, 9.17) is 0 Å². The molecule has 0 radical (unpaired) electrons. The van der Waals surface area contributed by atoms with Gasteiger partial charge in [-0.3, -0.25) is 4.79 Å². The molecule has 1 aromatic carbocycles. The number of benzene rings is 1. The molecular weight excluding hydrogens is 377 g/mol. The van der Waals surface area contributed by atoms with Crippen LogP contribution in [-0.4, -0.2) is 38.1 Å². The molecule has 1 heterocycles. The van der Waals surface area contributed by atoms with Crippen molar-refractivity contribution < 1.29 is 17.6 Å². The largest absolute Gasteiger partial charge is 0.341 e. The fourth-order valence-corrected chi connectivity index (χ4v) is 8.74. The Kier molecular flexibility index (Phi) is 4.34. The lowest BCUT2D eigenvalue weighted by Gasteiger charge is -2.56. The number of hydrogen-bond acceptors (Lipinski definition) is 3. The fraction of sp³-hybridized carbons (Fsp3) is 0.682. The zero-order valence-corrected chi connectivity index (χ0v) is 17.0. The van der Waals surface area contributed by atoms with E-state index in [-0.39, 0.29) is 35.6 Å². The first-order valence-electron chi connectivity index (χ1n) is 10.6. The number of hydrogen-bond donors (Lipinski definition) is 0. The first kappa shape index (κ1) is 18.6. The first-order valence-corrected chi connectivity index (χ1v) is 12.3. The molecule has 1 aromatic rings. The molecule has 0 unspecified atom stereocenters. The molecule has 152 valence electrons. The molecule has 28 heavy (non-hydrogen) atoms. The van der Waals surface area contributed by atoms with Crippen molar-refractivity contribution in [3.63, 3.8) is 0 Å². The molecule has 0 spiro atoms. The van der Waals surface area contributed by atoms with Gasteiger partial charge in [0, 0.05) is 18.7 Å². The van der Waals surface area contributed by atoms with Crippen molar-refractivity contribution in [1.29, 1.82) is 0 Å². The molecule has 4 nitrogen and oxygen atoms in total. The maximum atomic E-state index is 14.3. The van der Waals surface area contributed by atoms with E-state index in [0.29, 0.717) is 24.3 Å². The van der Waals surface area contributed by atoms with Crippen LogP contribution in [0.5, 0.6) is 0 Å². The van der Waals surface area contributed by atoms with Gasteiger partial charge in [0.05, 0.1) is 16.4 Å². The van der Waals surface area contributed by atoms with Gasteiger partial charge < -0.3 is 4.90 Å². The second-order valence-electron chi connectivity index (χ2n) is 9.66. The lowest BCUT2D eigenvalue weighted by atomic mass is 9.49. The van der Waals surface area contributed by atoms with Crippen molar-refractivity contribution in [2.45, 2.75) is 50.2 Å². The Morgan fingerprint density at radius 1 is 1.00 bits per heavy atom. The van der Waals surface area contributed by atoms with Gasteiger partial charge >= 0.3 is 0 Å². The van der Waals surface area contributed by atoms with E-state index in [9.17, 15) is 17.6 Å². The Balaban J connectivity index is 1.38. The van der Waals surface area contributed by atoms with E-state index in [0.717, 1.165) is 19.3 Å². The van der Waals surface area contributed by atoms with Crippen LogP contribution in [0.2, 0.25) is 0 Å². The van der Waals surface area contributed by atoms with E-state index in [2.05, 4.69) is 0 Å². The number of halogens is 1. The molecule has 1 aliphatic heterocycles. The minimum absolute atomic E-state index is 0.0793. The fourth-order valence-electron chi connectivity index (χ4n) is 6.94. The molecule has 4 bridgehead atoms. The third kappa shape index (κ3) is 2.99. The zero-order chi connectivity index (χ0) is 19.5. The Hall–Kier alpha value is -1.43. The number of rotatable bonds is 2. The van der Waals surface area contributed by atoms with Gasteiger partial charge in [0.2, 0.25) is 5.91 Å². The Morgan fingerprint density at radius 2 is 1.61 bits per heavy atom. The monoisotopic (exact) mass is 405 g/mol. The van der Waals surface area contributed by atoms with Crippen LogP contribution >= 0.6 is 0 Å². The summed E-state index contributed by atoms with van der Waals surface area (Å²) < 4.78 is 40.0. The predicted octanol–water partition coefficient (Wildman–Crippen LogP) is 3.73.